The number of nitrogens with one attached hydrogen (secondary N) is 1. The first kappa shape index (κ1) is 19.3. The lowest BCUT2D eigenvalue weighted by molar-refractivity contribution is -0.130. The van der Waals surface area contributed by atoms with Crippen LogP contribution in [-0.2, 0) is 4.79 Å². The first-order valence-corrected chi connectivity index (χ1v) is 6.51. The molecule has 0 aliphatic carbocycles. The summed E-state index contributed by atoms with van der Waals surface area (Å²) in [5.74, 6) is 0.174. The topological polar surface area (TPSA) is 35.6 Å². The molecule has 0 saturated carbocycles. The number of amides is 1. The van der Waals surface area contributed by atoms with Gasteiger partial charge >= 0.3 is 0 Å². The number of nitrogens with zero attached hydrogens (tertiary/aromatic N) is 2. The van der Waals surface area contributed by atoms with Crippen LogP contribution in [0.25, 0.3) is 0 Å². The van der Waals surface area contributed by atoms with Crippen LogP contribution in [-0.4, -0.2) is 50.6 Å². The molecule has 1 heterocycles. The van der Waals surface area contributed by atoms with Crippen LogP contribution in [0.5, 0.6) is 0 Å². The summed E-state index contributed by atoms with van der Waals surface area (Å²) in [6.07, 6.45) is 0. The molecular weight excluding hydrogens is 321 g/mol. The van der Waals surface area contributed by atoms with Crippen molar-refractivity contribution >= 4 is 48.0 Å². The highest BCUT2D eigenvalue weighted by Gasteiger charge is 2.20. The largest absolute Gasteiger partial charge is 0.368 e. The molecule has 1 aliphatic heterocycles. The van der Waals surface area contributed by atoms with Crippen LogP contribution < -0.4 is 10.2 Å². The van der Waals surface area contributed by atoms with Gasteiger partial charge in [-0.3, -0.25) is 4.79 Å². The van der Waals surface area contributed by atoms with Gasteiger partial charge in [-0.2, -0.15) is 0 Å². The summed E-state index contributed by atoms with van der Waals surface area (Å²) in [5.41, 5.74) is 1.17. The molecule has 2 rings (SSSR count). The van der Waals surface area contributed by atoms with Gasteiger partial charge in [0.05, 0.1) is 6.54 Å². The molecule has 0 spiro atoms. The second kappa shape index (κ2) is 9.29. The summed E-state index contributed by atoms with van der Waals surface area (Å²) < 4.78 is 0. The Morgan fingerprint density at radius 3 is 2.20 bits per heavy atom. The smallest absolute Gasteiger partial charge is 0.236 e. The predicted molar refractivity (Wildman–Crippen MR) is 88.7 cm³/mol. The van der Waals surface area contributed by atoms with E-state index < -0.39 is 0 Å². The molecule has 1 saturated heterocycles. The molecule has 1 amide bonds. The van der Waals surface area contributed by atoms with Crippen LogP contribution in [0.2, 0.25) is 5.02 Å². The predicted octanol–water partition coefficient (Wildman–Crippen LogP) is 2.05. The van der Waals surface area contributed by atoms with Crippen LogP contribution in [0.15, 0.2) is 24.3 Å². The van der Waals surface area contributed by atoms with Gasteiger partial charge in [-0.05, 0) is 31.3 Å². The normalized spacial score (nSPS) is 14.3. The van der Waals surface area contributed by atoms with E-state index in [0.29, 0.717) is 6.54 Å². The molecule has 7 heteroatoms. The van der Waals surface area contributed by atoms with Crippen LogP contribution in [0, 0.1) is 0 Å². The van der Waals surface area contributed by atoms with Crippen LogP contribution >= 0.6 is 36.4 Å². The fourth-order valence-corrected chi connectivity index (χ4v) is 2.25. The molecule has 1 aliphatic rings. The van der Waals surface area contributed by atoms with Gasteiger partial charge in [-0.15, -0.1) is 24.8 Å². The summed E-state index contributed by atoms with van der Waals surface area (Å²) >= 11 is 5.87. The minimum absolute atomic E-state index is 0. The second-order valence-electron chi connectivity index (χ2n) is 4.37. The SMILES string of the molecule is CNCC(=O)N1CCN(c2ccc(Cl)cc2)CC1.Cl.Cl. The van der Waals surface area contributed by atoms with Crippen LogP contribution in [0.4, 0.5) is 5.69 Å². The fraction of sp³-hybridized carbons (Fsp3) is 0.462. The number of anilines is 1. The number of carbonyl (C=O) groups is 1. The van der Waals surface area contributed by atoms with Crippen molar-refractivity contribution in [3.8, 4) is 0 Å². The molecule has 0 unspecified atom stereocenters. The monoisotopic (exact) mass is 339 g/mol. The lowest BCUT2D eigenvalue weighted by Crippen LogP contribution is -2.50. The molecule has 0 radical (unpaired) electrons. The van der Waals surface area contributed by atoms with Crippen molar-refractivity contribution in [1.82, 2.24) is 10.2 Å². The third-order valence-electron chi connectivity index (χ3n) is 3.15. The first-order valence-electron chi connectivity index (χ1n) is 6.13. The molecule has 4 nitrogen and oxygen atoms in total. The molecular formula is C13H20Cl3N3O. The number of carbonyl (C=O) groups excluding carboxylic acids is 1. The van der Waals surface area contributed by atoms with E-state index in [9.17, 15) is 4.79 Å². The lowest BCUT2D eigenvalue weighted by atomic mass is 10.2. The van der Waals surface area contributed by atoms with Crippen molar-refractivity contribution in [1.29, 1.82) is 0 Å². The van der Waals surface area contributed by atoms with Gasteiger partial charge in [-0.25, -0.2) is 0 Å². The zero-order chi connectivity index (χ0) is 13.0. The van der Waals surface area contributed by atoms with E-state index in [0.717, 1.165) is 31.2 Å². The molecule has 0 bridgehead atoms. The average molecular weight is 341 g/mol. The van der Waals surface area contributed by atoms with Crippen LogP contribution in [0.1, 0.15) is 0 Å². The number of piperazine rings is 1. The maximum atomic E-state index is 11.7. The molecule has 1 fully saturated rings. The maximum absolute atomic E-state index is 11.7. The van der Waals surface area contributed by atoms with Crippen molar-refractivity contribution < 1.29 is 4.79 Å². The Labute approximate surface area is 137 Å². The van der Waals surface area contributed by atoms with Crippen molar-refractivity contribution in [3.63, 3.8) is 0 Å². The second-order valence-corrected chi connectivity index (χ2v) is 4.81. The van der Waals surface area contributed by atoms with Gasteiger partial charge in [0.1, 0.15) is 0 Å². The molecule has 0 aromatic heterocycles. The average Bonchev–Trinajstić information content (AvgIpc) is 2.40. The van der Waals surface area contributed by atoms with Crippen molar-refractivity contribution in [2.75, 3.05) is 44.7 Å². The van der Waals surface area contributed by atoms with Gasteiger partial charge in [0.15, 0.2) is 0 Å². The highest BCUT2D eigenvalue weighted by atomic mass is 35.5. The van der Waals surface area contributed by atoms with Gasteiger partial charge in [0.25, 0.3) is 0 Å². The van der Waals surface area contributed by atoms with Gasteiger partial charge in [0.2, 0.25) is 5.91 Å². The third-order valence-corrected chi connectivity index (χ3v) is 3.40. The van der Waals surface area contributed by atoms with Crippen LogP contribution in [0.3, 0.4) is 0 Å². The standard InChI is InChI=1S/C13H18ClN3O.2ClH/c1-15-10-13(18)17-8-6-16(7-9-17)12-4-2-11(14)3-5-12;;/h2-5,15H,6-10H2,1H3;2*1H. The highest BCUT2D eigenvalue weighted by Crippen LogP contribution is 2.19. The zero-order valence-corrected chi connectivity index (χ0v) is 13.7. The van der Waals surface area contributed by atoms with E-state index in [-0.39, 0.29) is 30.7 Å². The Bertz CT molecular complexity index is 406. The van der Waals surface area contributed by atoms with Gasteiger partial charge in [-0.1, -0.05) is 11.6 Å². The number of hydrogen-bond acceptors (Lipinski definition) is 3. The minimum atomic E-state index is 0. The molecule has 1 N–H and O–H groups in total. The Morgan fingerprint density at radius 1 is 1.15 bits per heavy atom. The van der Waals surface area contributed by atoms with E-state index in [1.54, 1.807) is 7.05 Å². The Hall–Kier alpha value is -0.680. The fourth-order valence-electron chi connectivity index (χ4n) is 2.13. The number of likely N-dealkylation sites (N-methyl/N-ethyl adjacent to an activating group) is 1. The van der Waals surface area contributed by atoms with E-state index in [1.807, 2.05) is 29.2 Å². The van der Waals surface area contributed by atoms with E-state index in [1.165, 1.54) is 5.69 Å². The maximum Gasteiger partial charge on any atom is 0.236 e. The zero-order valence-electron chi connectivity index (χ0n) is 11.3. The molecule has 0 atom stereocenters. The third kappa shape index (κ3) is 5.02. The lowest BCUT2D eigenvalue weighted by Gasteiger charge is -2.36. The molecule has 1 aromatic carbocycles. The molecule has 1 aromatic rings. The number of rotatable bonds is 3. The summed E-state index contributed by atoms with van der Waals surface area (Å²) in [4.78, 5) is 15.9. The molecule has 20 heavy (non-hydrogen) atoms. The number of hydrogen-bond donors (Lipinski definition) is 1. The summed E-state index contributed by atoms with van der Waals surface area (Å²) in [6.45, 7) is 3.72. The number of halogens is 3. The first-order chi connectivity index (χ1) is 8.70. The van der Waals surface area contributed by atoms with E-state index in [2.05, 4.69) is 10.2 Å². The summed E-state index contributed by atoms with van der Waals surface area (Å²) in [6, 6.07) is 7.84. The highest BCUT2D eigenvalue weighted by molar-refractivity contribution is 6.30. The minimum Gasteiger partial charge on any atom is -0.368 e. The van der Waals surface area contributed by atoms with E-state index >= 15 is 0 Å². The van der Waals surface area contributed by atoms with Crippen molar-refractivity contribution in [3.05, 3.63) is 29.3 Å². The Kier molecular flexibility index (Phi) is 8.98. The Balaban J connectivity index is 0.00000180. The molecule has 114 valence electrons. The van der Waals surface area contributed by atoms with Crippen molar-refractivity contribution in [2.45, 2.75) is 0 Å². The van der Waals surface area contributed by atoms with Gasteiger partial charge in [0, 0.05) is 36.9 Å². The number of benzene rings is 1. The summed E-state index contributed by atoms with van der Waals surface area (Å²) in [7, 11) is 1.79. The quantitative estimate of drug-likeness (QED) is 0.915. The Morgan fingerprint density at radius 2 is 1.70 bits per heavy atom. The van der Waals surface area contributed by atoms with Crippen molar-refractivity contribution in [2.24, 2.45) is 0 Å². The van der Waals surface area contributed by atoms with Gasteiger partial charge < -0.3 is 15.1 Å². The van der Waals surface area contributed by atoms with E-state index in [4.69, 9.17) is 11.6 Å². The summed E-state index contributed by atoms with van der Waals surface area (Å²) in [5, 5.41) is 3.65.